The van der Waals surface area contributed by atoms with Crippen LogP contribution in [0.4, 0.5) is 0 Å². The minimum atomic E-state index is 0.161. The normalized spacial score (nSPS) is 18.7. The van der Waals surface area contributed by atoms with Crippen molar-refractivity contribution in [2.24, 2.45) is 0 Å². The highest BCUT2D eigenvalue weighted by molar-refractivity contribution is 5.41. The molecule has 0 bridgehead atoms. The lowest BCUT2D eigenvalue weighted by Gasteiger charge is -2.12. The Hall–Kier alpha value is -1.68. The molecule has 1 aliphatic rings. The zero-order chi connectivity index (χ0) is 10.7. The van der Waals surface area contributed by atoms with E-state index in [0.717, 1.165) is 17.1 Å². The van der Waals surface area contributed by atoms with Crippen LogP contribution in [0.1, 0.15) is 11.6 Å². The number of hydrogen-bond donors (Lipinski definition) is 2. The summed E-state index contributed by atoms with van der Waals surface area (Å²) in [6.45, 7) is 0. The summed E-state index contributed by atoms with van der Waals surface area (Å²) in [5.74, 6) is 1.60. The van der Waals surface area contributed by atoms with Crippen molar-refractivity contribution in [3.63, 3.8) is 0 Å². The lowest BCUT2D eigenvalue weighted by Crippen LogP contribution is -2.24. The molecule has 0 aromatic heterocycles. The van der Waals surface area contributed by atoms with Gasteiger partial charge < -0.3 is 14.9 Å². The summed E-state index contributed by atoms with van der Waals surface area (Å²) in [4.78, 5) is 0. The predicted molar refractivity (Wildman–Crippen MR) is 57.7 cm³/mol. The molecule has 0 fully saturated rings. The van der Waals surface area contributed by atoms with Gasteiger partial charge in [-0.3, -0.25) is 0 Å². The molecule has 4 nitrogen and oxygen atoms in total. The van der Waals surface area contributed by atoms with Gasteiger partial charge in [0.05, 0.1) is 20.3 Å². The molecule has 1 aromatic rings. The number of hydrazine groups is 1. The third kappa shape index (κ3) is 2.05. The first kappa shape index (κ1) is 9.86. The van der Waals surface area contributed by atoms with Crippen molar-refractivity contribution in [1.29, 1.82) is 0 Å². The second-order valence-corrected chi connectivity index (χ2v) is 3.27. The van der Waals surface area contributed by atoms with Gasteiger partial charge in [0.1, 0.15) is 11.5 Å². The van der Waals surface area contributed by atoms with Crippen molar-refractivity contribution in [3.05, 3.63) is 36.0 Å². The van der Waals surface area contributed by atoms with Crippen LogP contribution in [0.3, 0.4) is 0 Å². The first-order chi connectivity index (χ1) is 7.33. The van der Waals surface area contributed by atoms with E-state index in [1.807, 2.05) is 30.5 Å². The fourth-order valence-electron chi connectivity index (χ4n) is 1.53. The number of benzene rings is 1. The Bertz CT molecular complexity index is 355. The van der Waals surface area contributed by atoms with Crippen LogP contribution in [0.25, 0.3) is 0 Å². The van der Waals surface area contributed by atoms with Crippen LogP contribution in [0.5, 0.6) is 11.5 Å². The minimum Gasteiger partial charge on any atom is -0.497 e. The van der Waals surface area contributed by atoms with Crippen molar-refractivity contribution < 1.29 is 9.47 Å². The SMILES string of the molecule is COc1cc(OC)cc(C2C=CNN2)c1. The summed E-state index contributed by atoms with van der Waals surface area (Å²) in [6, 6.07) is 5.99. The number of methoxy groups -OCH3 is 2. The van der Waals surface area contributed by atoms with Crippen LogP contribution in [0, 0.1) is 0 Å². The predicted octanol–water partition coefficient (Wildman–Crippen LogP) is 1.37. The summed E-state index contributed by atoms with van der Waals surface area (Å²) >= 11 is 0. The quantitative estimate of drug-likeness (QED) is 0.783. The van der Waals surface area contributed by atoms with Gasteiger partial charge in [0, 0.05) is 12.3 Å². The smallest absolute Gasteiger partial charge is 0.122 e. The average Bonchev–Trinajstić information content (AvgIpc) is 2.81. The minimum absolute atomic E-state index is 0.161. The lowest BCUT2D eigenvalue weighted by molar-refractivity contribution is 0.392. The number of ether oxygens (including phenoxy) is 2. The maximum atomic E-state index is 5.20. The zero-order valence-corrected chi connectivity index (χ0v) is 8.78. The molecule has 1 atom stereocenters. The second kappa shape index (κ2) is 4.23. The van der Waals surface area contributed by atoms with Crippen LogP contribution in [0.2, 0.25) is 0 Å². The van der Waals surface area contributed by atoms with Gasteiger partial charge in [0.2, 0.25) is 0 Å². The standard InChI is InChI=1S/C11H14N2O2/c1-14-9-5-8(6-10(7-9)15-2)11-3-4-12-13-11/h3-7,11-13H,1-2H3. The van der Waals surface area contributed by atoms with Crippen molar-refractivity contribution >= 4 is 0 Å². The molecule has 2 N–H and O–H groups in total. The van der Waals surface area contributed by atoms with E-state index in [1.165, 1.54) is 0 Å². The van der Waals surface area contributed by atoms with Crippen LogP contribution < -0.4 is 20.3 Å². The van der Waals surface area contributed by atoms with Gasteiger partial charge in [-0.05, 0) is 23.8 Å². The lowest BCUT2D eigenvalue weighted by atomic mass is 10.1. The molecule has 0 aliphatic carbocycles. The van der Waals surface area contributed by atoms with Gasteiger partial charge in [0.25, 0.3) is 0 Å². The van der Waals surface area contributed by atoms with E-state index in [0.29, 0.717) is 0 Å². The molecule has 4 heteroatoms. The first-order valence-corrected chi connectivity index (χ1v) is 4.74. The molecule has 1 aromatic carbocycles. The number of hydrogen-bond acceptors (Lipinski definition) is 4. The fraction of sp³-hybridized carbons (Fsp3) is 0.273. The largest absolute Gasteiger partial charge is 0.497 e. The van der Waals surface area contributed by atoms with E-state index in [4.69, 9.17) is 9.47 Å². The Kier molecular flexibility index (Phi) is 2.78. The Morgan fingerprint density at radius 3 is 2.20 bits per heavy atom. The molecule has 1 unspecified atom stereocenters. The monoisotopic (exact) mass is 206 g/mol. The van der Waals surface area contributed by atoms with E-state index >= 15 is 0 Å². The summed E-state index contributed by atoms with van der Waals surface area (Å²) < 4.78 is 10.4. The molecule has 0 spiro atoms. The third-order valence-electron chi connectivity index (χ3n) is 2.34. The van der Waals surface area contributed by atoms with Crippen LogP contribution in [0.15, 0.2) is 30.5 Å². The van der Waals surface area contributed by atoms with E-state index < -0.39 is 0 Å². The Balaban J connectivity index is 2.32. The average molecular weight is 206 g/mol. The zero-order valence-electron chi connectivity index (χ0n) is 8.78. The molecular formula is C11H14N2O2. The van der Waals surface area contributed by atoms with E-state index in [-0.39, 0.29) is 6.04 Å². The number of nitrogens with one attached hydrogen (secondary N) is 2. The Morgan fingerprint density at radius 2 is 1.73 bits per heavy atom. The molecule has 1 aliphatic heterocycles. The summed E-state index contributed by atoms with van der Waals surface area (Å²) in [6.07, 6.45) is 3.91. The van der Waals surface area contributed by atoms with E-state index in [1.54, 1.807) is 14.2 Å². The van der Waals surface area contributed by atoms with Crippen LogP contribution in [-0.2, 0) is 0 Å². The highest BCUT2D eigenvalue weighted by Gasteiger charge is 2.13. The molecule has 1 heterocycles. The maximum absolute atomic E-state index is 5.20. The molecule has 15 heavy (non-hydrogen) atoms. The molecule has 2 rings (SSSR count). The van der Waals surface area contributed by atoms with Gasteiger partial charge in [-0.25, -0.2) is 5.43 Å². The number of rotatable bonds is 3. The van der Waals surface area contributed by atoms with Crippen LogP contribution in [-0.4, -0.2) is 14.2 Å². The molecule has 80 valence electrons. The molecule has 0 saturated carbocycles. The van der Waals surface area contributed by atoms with Crippen molar-refractivity contribution in [1.82, 2.24) is 10.9 Å². The first-order valence-electron chi connectivity index (χ1n) is 4.74. The Morgan fingerprint density at radius 1 is 1.07 bits per heavy atom. The van der Waals surface area contributed by atoms with Gasteiger partial charge in [0.15, 0.2) is 0 Å². The Labute approximate surface area is 88.9 Å². The third-order valence-corrected chi connectivity index (χ3v) is 2.34. The fourth-order valence-corrected chi connectivity index (χ4v) is 1.53. The summed E-state index contributed by atoms with van der Waals surface area (Å²) in [5.41, 5.74) is 7.14. The maximum Gasteiger partial charge on any atom is 0.122 e. The second-order valence-electron chi connectivity index (χ2n) is 3.27. The van der Waals surface area contributed by atoms with Crippen molar-refractivity contribution in [2.45, 2.75) is 6.04 Å². The molecule has 0 amide bonds. The van der Waals surface area contributed by atoms with Crippen LogP contribution >= 0.6 is 0 Å². The molecule has 0 radical (unpaired) electrons. The van der Waals surface area contributed by atoms with Gasteiger partial charge >= 0.3 is 0 Å². The van der Waals surface area contributed by atoms with Gasteiger partial charge in [-0.2, -0.15) is 0 Å². The molecular weight excluding hydrogens is 192 g/mol. The van der Waals surface area contributed by atoms with Crippen molar-refractivity contribution in [2.75, 3.05) is 14.2 Å². The van der Waals surface area contributed by atoms with Crippen molar-refractivity contribution in [3.8, 4) is 11.5 Å². The highest BCUT2D eigenvalue weighted by atomic mass is 16.5. The van der Waals surface area contributed by atoms with Gasteiger partial charge in [-0.1, -0.05) is 0 Å². The summed E-state index contributed by atoms with van der Waals surface area (Å²) in [7, 11) is 3.30. The highest BCUT2D eigenvalue weighted by Crippen LogP contribution is 2.27. The molecule has 0 saturated heterocycles. The summed E-state index contributed by atoms with van der Waals surface area (Å²) in [5, 5.41) is 0. The van der Waals surface area contributed by atoms with Gasteiger partial charge in [-0.15, -0.1) is 0 Å². The van der Waals surface area contributed by atoms with E-state index in [9.17, 15) is 0 Å². The van der Waals surface area contributed by atoms with E-state index in [2.05, 4.69) is 10.9 Å². The topological polar surface area (TPSA) is 42.5 Å².